The van der Waals surface area contributed by atoms with Gasteiger partial charge in [0.2, 0.25) is 0 Å². The molecule has 6 heteroatoms. The van der Waals surface area contributed by atoms with Crippen LogP contribution in [0.2, 0.25) is 0 Å². The number of rotatable bonds is 4. The number of nitrogens with two attached hydrogens (primary N) is 1. The van der Waals surface area contributed by atoms with Crippen molar-refractivity contribution in [3.8, 4) is 5.75 Å². The molecule has 0 spiro atoms. The molecule has 2 nitrogen and oxygen atoms in total. The molecule has 0 amide bonds. The van der Waals surface area contributed by atoms with E-state index in [4.69, 9.17) is 10.5 Å². The first-order valence-corrected chi connectivity index (χ1v) is 5.46. The Hall–Kier alpha value is -1.30. The summed E-state index contributed by atoms with van der Waals surface area (Å²) in [6.45, 7) is 2.62. The molecule has 0 aliphatic heterocycles. The van der Waals surface area contributed by atoms with Crippen LogP contribution in [-0.2, 0) is 0 Å². The Morgan fingerprint density at radius 3 is 2.44 bits per heavy atom. The Labute approximate surface area is 103 Å². The van der Waals surface area contributed by atoms with Crippen molar-refractivity contribution in [2.45, 2.75) is 32.5 Å². The first-order valence-electron chi connectivity index (χ1n) is 5.46. The summed E-state index contributed by atoms with van der Waals surface area (Å²) >= 11 is 0. The minimum absolute atomic E-state index is 0.202. The van der Waals surface area contributed by atoms with Gasteiger partial charge in [-0.1, -0.05) is 0 Å². The van der Waals surface area contributed by atoms with Crippen LogP contribution in [0, 0.1) is 12.7 Å². The first kappa shape index (κ1) is 14.8. The van der Waals surface area contributed by atoms with Gasteiger partial charge in [0.05, 0.1) is 13.0 Å². The van der Waals surface area contributed by atoms with Gasteiger partial charge < -0.3 is 10.5 Å². The first-order chi connectivity index (χ1) is 8.20. The highest BCUT2D eigenvalue weighted by Gasteiger charge is 2.27. The lowest BCUT2D eigenvalue weighted by atomic mass is 10.1. The second-order valence-corrected chi connectivity index (χ2v) is 4.14. The topological polar surface area (TPSA) is 35.2 Å². The number of halogens is 4. The summed E-state index contributed by atoms with van der Waals surface area (Å²) in [5.74, 6) is -0.251. The zero-order chi connectivity index (χ0) is 13.9. The third kappa shape index (κ3) is 4.18. The number of benzene rings is 1. The van der Waals surface area contributed by atoms with Crippen LogP contribution in [0.1, 0.15) is 30.5 Å². The van der Waals surface area contributed by atoms with Gasteiger partial charge in [0.1, 0.15) is 11.6 Å². The van der Waals surface area contributed by atoms with Crippen LogP contribution in [-0.4, -0.2) is 12.8 Å². The molecule has 2 N–H and O–H groups in total. The van der Waals surface area contributed by atoms with Crippen LogP contribution in [0.5, 0.6) is 5.75 Å². The number of alkyl halides is 3. The summed E-state index contributed by atoms with van der Waals surface area (Å²) in [5, 5.41) is 0. The van der Waals surface area contributed by atoms with E-state index < -0.39 is 31.1 Å². The van der Waals surface area contributed by atoms with E-state index in [9.17, 15) is 17.6 Å². The van der Waals surface area contributed by atoms with E-state index >= 15 is 0 Å². The molecule has 1 aromatic carbocycles. The number of hydrogen-bond donors (Lipinski definition) is 1. The molecule has 0 aliphatic rings. The molecule has 18 heavy (non-hydrogen) atoms. The third-order valence-electron chi connectivity index (χ3n) is 2.42. The SMILES string of the molecule is Cc1cc(OCCC(F)(F)F)c(C(C)N)cc1F. The van der Waals surface area contributed by atoms with Crippen LogP contribution in [0.25, 0.3) is 0 Å². The van der Waals surface area contributed by atoms with E-state index in [2.05, 4.69) is 0 Å². The van der Waals surface area contributed by atoms with E-state index in [0.29, 0.717) is 11.1 Å². The molecule has 1 unspecified atom stereocenters. The second kappa shape index (κ2) is 5.56. The van der Waals surface area contributed by atoms with Gasteiger partial charge in [0.15, 0.2) is 0 Å². The van der Waals surface area contributed by atoms with Crippen molar-refractivity contribution in [1.29, 1.82) is 0 Å². The zero-order valence-corrected chi connectivity index (χ0v) is 10.1. The Bertz CT molecular complexity index is 415. The summed E-state index contributed by atoms with van der Waals surface area (Å²) in [5.41, 5.74) is 6.29. The predicted octanol–water partition coefficient (Wildman–Crippen LogP) is 3.49. The van der Waals surface area contributed by atoms with Gasteiger partial charge in [-0.25, -0.2) is 4.39 Å². The third-order valence-corrected chi connectivity index (χ3v) is 2.42. The number of aryl methyl sites for hydroxylation is 1. The Balaban J connectivity index is 2.84. The monoisotopic (exact) mass is 265 g/mol. The summed E-state index contributed by atoms with van der Waals surface area (Å²) < 4.78 is 54.4. The lowest BCUT2D eigenvalue weighted by Crippen LogP contribution is -2.15. The maximum atomic E-state index is 13.3. The second-order valence-electron chi connectivity index (χ2n) is 4.14. The molecule has 0 bridgehead atoms. The Kier molecular flexibility index (Phi) is 4.56. The van der Waals surface area contributed by atoms with E-state index in [0.717, 1.165) is 0 Å². The molecule has 0 heterocycles. The average Bonchev–Trinajstić information content (AvgIpc) is 2.20. The highest BCUT2D eigenvalue weighted by atomic mass is 19.4. The number of hydrogen-bond acceptors (Lipinski definition) is 2. The van der Waals surface area contributed by atoms with Crippen molar-refractivity contribution in [2.75, 3.05) is 6.61 Å². The Morgan fingerprint density at radius 2 is 1.94 bits per heavy atom. The minimum atomic E-state index is -4.27. The quantitative estimate of drug-likeness (QED) is 0.846. The van der Waals surface area contributed by atoms with Crippen LogP contribution < -0.4 is 10.5 Å². The molecule has 1 atom stereocenters. The molecule has 0 radical (unpaired) electrons. The predicted molar refractivity (Wildman–Crippen MR) is 59.9 cm³/mol. The molecule has 0 saturated heterocycles. The molecule has 0 saturated carbocycles. The highest BCUT2D eigenvalue weighted by molar-refractivity contribution is 5.39. The van der Waals surface area contributed by atoms with Crippen LogP contribution in [0.3, 0.4) is 0 Å². The molecular formula is C12H15F4NO. The smallest absolute Gasteiger partial charge is 0.392 e. The average molecular weight is 265 g/mol. The van der Waals surface area contributed by atoms with Gasteiger partial charge in [-0.2, -0.15) is 13.2 Å². The van der Waals surface area contributed by atoms with Crippen molar-refractivity contribution in [3.05, 3.63) is 29.1 Å². The van der Waals surface area contributed by atoms with Crippen LogP contribution in [0.15, 0.2) is 12.1 Å². The minimum Gasteiger partial charge on any atom is -0.493 e. The maximum Gasteiger partial charge on any atom is 0.392 e. The number of ether oxygens (including phenoxy) is 1. The highest BCUT2D eigenvalue weighted by Crippen LogP contribution is 2.28. The van der Waals surface area contributed by atoms with Gasteiger partial charge in [-0.15, -0.1) is 0 Å². The summed E-state index contributed by atoms with van der Waals surface area (Å²) in [4.78, 5) is 0. The summed E-state index contributed by atoms with van der Waals surface area (Å²) in [6, 6.07) is 2.05. The van der Waals surface area contributed by atoms with Gasteiger partial charge in [-0.3, -0.25) is 0 Å². The molecule has 1 aromatic rings. The molecular weight excluding hydrogens is 250 g/mol. The van der Waals surface area contributed by atoms with Crippen LogP contribution >= 0.6 is 0 Å². The molecule has 0 aliphatic carbocycles. The van der Waals surface area contributed by atoms with Crippen molar-refractivity contribution < 1.29 is 22.3 Å². The van der Waals surface area contributed by atoms with Gasteiger partial charge in [0.25, 0.3) is 0 Å². The van der Waals surface area contributed by atoms with Gasteiger partial charge in [0, 0.05) is 11.6 Å². The standard InChI is InChI=1S/C12H15F4NO/c1-7-5-11(18-4-3-12(14,15)16)9(8(2)17)6-10(7)13/h5-6,8H,3-4,17H2,1-2H3. The fourth-order valence-corrected chi connectivity index (χ4v) is 1.43. The largest absolute Gasteiger partial charge is 0.493 e. The summed E-state index contributed by atoms with van der Waals surface area (Å²) in [6.07, 6.45) is -5.33. The molecule has 0 aromatic heterocycles. The van der Waals surface area contributed by atoms with Crippen molar-refractivity contribution in [1.82, 2.24) is 0 Å². The van der Waals surface area contributed by atoms with E-state index in [-0.39, 0.29) is 5.75 Å². The molecule has 1 rings (SSSR count). The maximum absolute atomic E-state index is 13.3. The van der Waals surface area contributed by atoms with Crippen molar-refractivity contribution >= 4 is 0 Å². The van der Waals surface area contributed by atoms with Gasteiger partial charge in [-0.05, 0) is 31.5 Å². The lowest BCUT2D eigenvalue weighted by molar-refractivity contribution is -0.139. The lowest BCUT2D eigenvalue weighted by Gasteiger charge is -2.16. The van der Waals surface area contributed by atoms with E-state index in [1.165, 1.54) is 19.1 Å². The van der Waals surface area contributed by atoms with Gasteiger partial charge >= 0.3 is 6.18 Å². The molecule has 102 valence electrons. The molecule has 0 fully saturated rings. The van der Waals surface area contributed by atoms with E-state index in [1.807, 2.05) is 0 Å². The van der Waals surface area contributed by atoms with Crippen molar-refractivity contribution in [2.24, 2.45) is 5.73 Å². The van der Waals surface area contributed by atoms with E-state index in [1.54, 1.807) is 6.92 Å². The normalized spacial score (nSPS) is 13.5. The fraction of sp³-hybridized carbons (Fsp3) is 0.500. The summed E-state index contributed by atoms with van der Waals surface area (Å²) in [7, 11) is 0. The fourth-order valence-electron chi connectivity index (χ4n) is 1.43. The van der Waals surface area contributed by atoms with Crippen molar-refractivity contribution in [3.63, 3.8) is 0 Å². The zero-order valence-electron chi connectivity index (χ0n) is 10.1. The Morgan fingerprint density at radius 1 is 1.33 bits per heavy atom. The van der Waals surface area contributed by atoms with Crippen LogP contribution in [0.4, 0.5) is 17.6 Å².